The molecule has 15 heavy (non-hydrogen) atoms. The van der Waals surface area contributed by atoms with E-state index < -0.39 is 0 Å². The summed E-state index contributed by atoms with van der Waals surface area (Å²) in [5, 5.41) is 0. The maximum absolute atomic E-state index is 11.4. The smallest absolute Gasteiger partial charge is 0.250 e. The average molecular weight is 207 g/mol. The summed E-state index contributed by atoms with van der Waals surface area (Å²) in [6.07, 6.45) is 6.75. The molecule has 1 atom stereocenters. The van der Waals surface area contributed by atoms with Gasteiger partial charge in [-0.25, -0.2) is 0 Å². The predicted molar refractivity (Wildman–Crippen MR) is 58.9 cm³/mol. The van der Waals surface area contributed by atoms with Gasteiger partial charge in [0.15, 0.2) is 0 Å². The normalized spacial score (nSPS) is 20.7. The fraction of sp³-hybridized carbons (Fsp3) is 0.583. The molecule has 0 N–H and O–H groups in total. The van der Waals surface area contributed by atoms with Crippen LogP contribution in [0.4, 0.5) is 0 Å². The van der Waals surface area contributed by atoms with Gasteiger partial charge in [0.05, 0.1) is 6.10 Å². The highest BCUT2D eigenvalue weighted by Crippen LogP contribution is 2.16. The van der Waals surface area contributed by atoms with E-state index in [2.05, 4.69) is 0 Å². The van der Waals surface area contributed by atoms with Crippen LogP contribution in [0.3, 0.4) is 0 Å². The molecule has 0 aromatic carbocycles. The number of pyridine rings is 1. The SMILES string of the molecule is O=c1ccccn1CCCC1CCCO1. The van der Waals surface area contributed by atoms with Crippen LogP contribution in [-0.4, -0.2) is 17.3 Å². The van der Waals surface area contributed by atoms with Gasteiger partial charge in [0, 0.05) is 25.4 Å². The van der Waals surface area contributed by atoms with Crippen LogP contribution in [0.2, 0.25) is 0 Å². The Labute approximate surface area is 89.7 Å². The minimum Gasteiger partial charge on any atom is -0.378 e. The molecule has 2 rings (SSSR count). The summed E-state index contributed by atoms with van der Waals surface area (Å²) < 4.78 is 7.29. The van der Waals surface area contributed by atoms with Crippen LogP contribution in [0.25, 0.3) is 0 Å². The summed E-state index contributed by atoms with van der Waals surface area (Å²) >= 11 is 0. The van der Waals surface area contributed by atoms with Crippen molar-refractivity contribution >= 4 is 0 Å². The van der Waals surface area contributed by atoms with E-state index in [1.54, 1.807) is 16.7 Å². The molecule has 0 bridgehead atoms. The molecule has 1 aliphatic heterocycles. The Kier molecular flexibility index (Phi) is 3.56. The first-order valence-electron chi connectivity index (χ1n) is 5.63. The molecule has 0 aliphatic carbocycles. The number of hydrogen-bond acceptors (Lipinski definition) is 2. The summed E-state index contributed by atoms with van der Waals surface area (Å²) in [6, 6.07) is 5.28. The molecule has 1 unspecified atom stereocenters. The van der Waals surface area contributed by atoms with Gasteiger partial charge in [0.2, 0.25) is 5.56 Å². The number of aryl methyl sites for hydroxylation is 1. The first-order chi connectivity index (χ1) is 7.36. The van der Waals surface area contributed by atoms with E-state index in [0.717, 1.165) is 26.0 Å². The van der Waals surface area contributed by atoms with Crippen molar-refractivity contribution < 1.29 is 4.74 Å². The van der Waals surface area contributed by atoms with Crippen molar-refractivity contribution in [3.63, 3.8) is 0 Å². The standard InChI is InChI=1S/C12H17NO2/c14-12-7-1-2-8-13(12)9-3-5-11-6-4-10-15-11/h1-2,7-8,11H,3-6,9-10H2. The summed E-state index contributed by atoms with van der Waals surface area (Å²) in [5.41, 5.74) is 0.0878. The monoisotopic (exact) mass is 207 g/mol. The summed E-state index contributed by atoms with van der Waals surface area (Å²) in [7, 11) is 0. The second-order valence-electron chi connectivity index (χ2n) is 4.01. The lowest BCUT2D eigenvalue weighted by Gasteiger charge is -2.09. The Bertz CT molecular complexity index is 353. The third-order valence-electron chi connectivity index (χ3n) is 2.85. The molecule has 1 aromatic heterocycles. The summed E-state index contributed by atoms with van der Waals surface area (Å²) in [6.45, 7) is 1.72. The van der Waals surface area contributed by atoms with Crippen LogP contribution in [0.5, 0.6) is 0 Å². The van der Waals surface area contributed by atoms with Crippen molar-refractivity contribution in [3.05, 3.63) is 34.7 Å². The zero-order valence-corrected chi connectivity index (χ0v) is 8.89. The van der Waals surface area contributed by atoms with Gasteiger partial charge in [0.25, 0.3) is 0 Å². The Morgan fingerprint density at radius 1 is 1.47 bits per heavy atom. The topological polar surface area (TPSA) is 31.2 Å². The van der Waals surface area contributed by atoms with Gasteiger partial charge in [-0.2, -0.15) is 0 Å². The van der Waals surface area contributed by atoms with Crippen LogP contribution in [-0.2, 0) is 11.3 Å². The molecule has 82 valence electrons. The van der Waals surface area contributed by atoms with Gasteiger partial charge < -0.3 is 9.30 Å². The highest BCUT2D eigenvalue weighted by Gasteiger charge is 2.14. The second kappa shape index (κ2) is 5.12. The van der Waals surface area contributed by atoms with Crippen LogP contribution < -0.4 is 5.56 Å². The van der Waals surface area contributed by atoms with Gasteiger partial charge in [0.1, 0.15) is 0 Å². The Balaban J connectivity index is 1.78. The Morgan fingerprint density at radius 2 is 2.40 bits per heavy atom. The number of nitrogens with zero attached hydrogens (tertiary/aromatic N) is 1. The molecule has 0 saturated carbocycles. The lowest BCUT2D eigenvalue weighted by Crippen LogP contribution is -2.18. The molecular weight excluding hydrogens is 190 g/mol. The molecule has 3 nitrogen and oxygen atoms in total. The number of hydrogen-bond donors (Lipinski definition) is 0. The molecule has 3 heteroatoms. The second-order valence-corrected chi connectivity index (χ2v) is 4.01. The van der Waals surface area contributed by atoms with E-state index in [-0.39, 0.29) is 5.56 Å². The van der Waals surface area contributed by atoms with Crippen molar-refractivity contribution in [1.82, 2.24) is 4.57 Å². The van der Waals surface area contributed by atoms with Gasteiger partial charge in [-0.15, -0.1) is 0 Å². The highest BCUT2D eigenvalue weighted by atomic mass is 16.5. The molecule has 1 saturated heterocycles. The lowest BCUT2D eigenvalue weighted by molar-refractivity contribution is 0.101. The van der Waals surface area contributed by atoms with Gasteiger partial charge in [-0.05, 0) is 31.7 Å². The first kappa shape index (κ1) is 10.4. The summed E-state index contributed by atoms with van der Waals surface area (Å²) in [5.74, 6) is 0. The minimum absolute atomic E-state index is 0.0878. The molecule has 0 radical (unpaired) electrons. The van der Waals surface area contributed by atoms with Crippen molar-refractivity contribution in [3.8, 4) is 0 Å². The maximum atomic E-state index is 11.4. The lowest BCUT2D eigenvalue weighted by atomic mass is 10.1. The van der Waals surface area contributed by atoms with E-state index in [0.29, 0.717) is 6.10 Å². The molecule has 1 fully saturated rings. The zero-order valence-electron chi connectivity index (χ0n) is 8.89. The number of rotatable bonds is 4. The largest absolute Gasteiger partial charge is 0.378 e. The Hall–Kier alpha value is -1.09. The molecule has 0 spiro atoms. The predicted octanol–water partition coefficient (Wildman–Crippen LogP) is 1.81. The van der Waals surface area contributed by atoms with E-state index in [1.807, 2.05) is 12.3 Å². The van der Waals surface area contributed by atoms with Gasteiger partial charge in [-0.1, -0.05) is 6.07 Å². The van der Waals surface area contributed by atoms with E-state index in [9.17, 15) is 4.79 Å². The molecular formula is C12H17NO2. The van der Waals surface area contributed by atoms with E-state index in [1.165, 1.54) is 12.8 Å². The van der Waals surface area contributed by atoms with Crippen molar-refractivity contribution in [1.29, 1.82) is 0 Å². The number of ether oxygens (including phenoxy) is 1. The molecule has 0 amide bonds. The van der Waals surface area contributed by atoms with E-state index in [4.69, 9.17) is 4.74 Å². The average Bonchev–Trinajstić information content (AvgIpc) is 2.74. The van der Waals surface area contributed by atoms with Crippen LogP contribution in [0.15, 0.2) is 29.2 Å². The fourth-order valence-corrected chi connectivity index (χ4v) is 2.01. The fourth-order valence-electron chi connectivity index (χ4n) is 2.01. The van der Waals surface area contributed by atoms with Crippen LogP contribution in [0, 0.1) is 0 Å². The van der Waals surface area contributed by atoms with E-state index >= 15 is 0 Å². The van der Waals surface area contributed by atoms with Gasteiger partial charge >= 0.3 is 0 Å². The van der Waals surface area contributed by atoms with Crippen molar-refractivity contribution in [2.75, 3.05) is 6.61 Å². The quantitative estimate of drug-likeness (QED) is 0.754. The summed E-state index contributed by atoms with van der Waals surface area (Å²) in [4.78, 5) is 11.4. The highest BCUT2D eigenvalue weighted by molar-refractivity contribution is 4.93. The van der Waals surface area contributed by atoms with Crippen molar-refractivity contribution in [2.45, 2.75) is 38.3 Å². The first-order valence-corrected chi connectivity index (χ1v) is 5.63. The number of aromatic nitrogens is 1. The third kappa shape index (κ3) is 2.93. The zero-order chi connectivity index (χ0) is 10.5. The molecule has 1 aliphatic rings. The Morgan fingerprint density at radius 3 is 3.13 bits per heavy atom. The molecule has 1 aromatic rings. The van der Waals surface area contributed by atoms with Crippen LogP contribution in [0.1, 0.15) is 25.7 Å². The third-order valence-corrected chi connectivity index (χ3v) is 2.85. The van der Waals surface area contributed by atoms with Gasteiger partial charge in [-0.3, -0.25) is 4.79 Å². The van der Waals surface area contributed by atoms with Crippen LogP contribution >= 0.6 is 0 Å². The maximum Gasteiger partial charge on any atom is 0.250 e. The minimum atomic E-state index is 0.0878. The van der Waals surface area contributed by atoms with Crippen molar-refractivity contribution in [2.24, 2.45) is 0 Å². The molecule has 2 heterocycles.